The Morgan fingerprint density at radius 2 is 0.595 bits per heavy atom. The zero-order valence-electron chi connectivity index (χ0n) is 53.9. The molecule has 0 saturated carbocycles. The zero-order valence-corrected chi connectivity index (χ0v) is 53.9. The van der Waals surface area contributed by atoms with Crippen molar-refractivity contribution in [3.05, 3.63) is 12.2 Å². The maximum absolute atomic E-state index is 12.6. The maximum Gasteiger partial charge on any atom is 0.305 e. The van der Waals surface area contributed by atoms with Crippen molar-refractivity contribution in [2.75, 3.05) is 13.2 Å². The van der Waals surface area contributed by atoms with E-state index in [1.54, 1.807) is 0 Å². The van der Waals surface area contributed by atoms with Gasteiger partial charge >= 0.3 is 5.97 Å². The van der Waals surface area contributed by atoms with Gasteiger partial charge in [-0.3, -0.25) is 9.59 Å². The minimum absolute atomic E-state index is 0.0103. The van der Waals surface area contributed by atoms with Gasteiger partial charge in [-0.05, 0) is 51.4 Å². The molecule has 0 aromatic carbocycles. The van der Waals surface area contributed by atoms with Gasteiger partial charge in [-0.25, -0.2) is 0 Å². The van der Waals surface area contributed by atoms with E-state index in [0.29, 0.717) is 25.9 Å². The zero-order chi connectivity index (χ0) is 57.1. The smallest absolute Gasteiger partial charge is 0.305 e. The molecule has 0 saturated heterocycles. The third-order valence-corrected chi connectivity index (χ3v) is 17.3. The number of unbranched alkanes of at least 4 members (excludes halogenated alkanes) is 56. The van der Waals surface area contributed by atoms with Crippen LogP contribution in [0.5, 0.6) is 0 Å². The first-order valence-corrected chi connectivity index (χ1v) is 36.4. The molecule has 0 rings (SSSR count). The third-order valence-electron chi connectivity index (χ3n) is 17.3. The van der Waals surface area contributed by atoms with Gasteiger partial charge in [0.2, 0.25) is 5.91 Å². The Kier molecular flexibility index (Phi) is 67.9. The molecule has 0 radical (unpaired) electrons. The maximum atomic E-state index is 12.6. The van der Waals surface area contributed by atoms with Crippen LogP contribution >= 0.6 is 0 Å². The van der Waals surface area contributed by atoms with Crippen molar-refractivity contribution in [3.8, 4) is 0 Å². The predicted molar refractivity (Wildman–Crippen MR) is 347 cm³/mol. The number of aliphatic hydroxyl groups excluding tert-OH is 2. The first-order chi connectivity index (χ1) is 39.0. The molecule has 0 aliphatic heterocycles. The van der Waals surface area contributed by atoms with Crippen molar-refractivity contribution in [2.45, 2.75) is 431 Å². The quantitative estimate of drug-likeness (QED) is 0.0320. The molecule has 0 fully saturated rings. The monoisotopic (exact) mass is 1110 g/mol. The summed E-state index contributed by atoms with van der Waals surface area (Å²) in [6, 6.07) is -0.550. The van der Waals surface area contributed by atoms with Gasteiger partial charge in [-0.1, -0.05) is 366 Å². The third kappa shape index (κ3) is 65.6. The highest BCUT2D eigenvalue weighted by atomic mass is 16.5. The Balaban J connectivity index is 3.40. The van der Waals surface area contributed by atoms with Crippen LogP contribution in [0.15, 0.2) is 12.2 Å². The molecule has 0 aliphatic rings. The molecule has 0 spiro atoms. The Labute approximate surface area is 495 Å². The lowest BCUT2D eigenvalue weighted by Crippen LogP contribution is -2.45. The fraction of sp³-hybridized carbons (Fsp3) is 0.945. The number of aliphatic hydroxyl groups is 2. The summed E-state index contributed by atoms with van der Waals surface area (Å²) >= 11 is 0. The lowest BCUT2D eigenvalue weighted by molar-refractivity contribution is -0.143. The van der Waals surface area contributed by atoms with Crippen molar-refractivity contribution in [1.29, 1.82) is 0 Å². The van der Waals surface area contributed by atoms with Crippen molar-refractivity contribution in [3.63, 3.8) is 0 Å². The minimum Gasteiger partial charge on any atom is -0.466 e. The Morgan fingerprint density at radius 1 is 0.342 bits per heavy atom. The van der Waals surface area contributed by atoms with E-state index in [-0.39, 0.29) is 18.5 Å². The Bertz CT molecular complexity index is 1190. The van der Waals surface area contributed by atoms with Crippen LogP contribution in [0.3, 0.4) is 0 Å². The molecule has 6 nitrogen and oxygen atoms in total. The highest BCUT2D eigenvalue weighted by Gasteiger charge is 2.20. The summed E-state index contributed by atoms with van der Waals surface area (Å²) in [5, 5.41) is 23.4. The lowest BCUT2D eigenvalue weighted by Gasteiger charge is -2.22. The number of carbonyl (C=O) groups excluding carboxylic acids is 2. The van der Waals surface area contributed by atoms with Gasteiger partial charge in [-0.2, -0.15) is 0 Å². The van der Waals surface area contributed by atoms with E-state index in [9.17, 15) is 19.8 Å². The molecule has 470 valence electrons. The summed E-state index contributed by atoms with van der Waals surface area (Å²) in [6.45, 7) is 4.99. The molecule has 0 aliphatic carbocycles. The molecular weight excluding hydrogens is 971 g/mol. The molecule has 0 bridgehead atoms. The summed E-state index contributed by atoms with van der Waals surface area (Å²) in [4.78, 5) is 24.7. The minimum atomic E-state index is -0.672. The fourth-order valence-electron chi connectivity index (χ4n) is 11.8. The lowest BCUT2D eigenvalue weighted by atomic mass is 10.0. The van der Waals surface area contributed by atoms with Crippen molar-refractivity contribution >= 4 is 11.9 Å². The first-order valence-electron chi connectivity index (χ1n) is 36.4. The van der Waals surface area contributed by atoms with Gasteiger partial charge in [-0.15, -0.1) is 0 Å². The predicted octanol–water partition coefficient (Wildman–Crippen LogP) is 23.5. The average Bonchev–Trinajstić information content (AvgIpc) is 3.45. The molecule has 6 heteroatoms. The number of rotatable bonds is 69. The highest BCUT2D eigenvalue weighted by molar-refractivity contribution is 5.76. The van der Waals surface area contributed by atoms with Crippen molar-refractivity contribution in [2.24, 2.45) is 0 Å². The van der Waals surface area contributed by atoms with E-state index >= 15 is 0 Å². The molecule has 2 unspecified atom stereocenters. The molecular formula is C73H143NO5. The van der Waals surface area contributed by atoms with Gasteiger partial charge in [0.25, 0.3) is 0 Å². The number of esters is 1. The molecule has 79 heavy (non-hydrogen) atoms. The largest absolute Gasteiger partial charge is 0.466 e. The number of hydrogen-bond acceptors (Lipinski definition) is 5. The first kappa shape index (κ1) is 77.6. The van der Waals surface area contributed by atoms with Crippen LogP contribution in [0.1, 0.15) is 418 Å². The van der Waals surface area contributed by atoms with E-state index in [1.807, 2.05) is 0 Å². The van der Waals surface area contributed by atoms with Gasteiger partial charge in [0.05, 0.1) is 25.4 Å². The SMILES string of the molecule is CCCCCCCCCCCCCCCCCCCCCCCCCCC(O)C(CO)NC(=O)CCCCCCCCC/C=C\CCCCCCCCCCOC(=O)CCCCCCCCCCCCCCCCCCCCC. The highest BCUT2D eigenvalue weighted by Crippen LogP contribution is 2.19. The van der Waals surface area contributed by atoms with Crippen LogP contribution < -0.4 is 5.32 Å². The molecule has 2 atom stereocenters. The second-order valence-corrected chi connectivity index (χ2v) is 25.3. The average molecular weight is 1110 g/mol. The summed E-state index contributed by atoms with van der Waals surface area (Å²) in [7, 11) is 0. The van der Waals surface area contributed by atoms with Crippen LogP contribution in [0.2, 0.25) is 0 Å². The van der Waals surface area contributed by atoms with E-state index in [2.05, 4.69) is 31.3 Å². The molecule has 0 aromatic heterocycles. The second-order valence-electron chi connectivity index (χ2n) is 25.3. The van der Waals surface area contributed by atoms with Crippen LogP contribution in [0.4, 0.5) is 0 Å². The molecule has 0 aromatic rings. The summed E-state index contributed by atoms with van der Waals surface area (Å²) in [6.07, 6.45) is 85.5. The Hall–Kier alpha value is -1.40. The standard InChI is InChI=1S/C73H143NO5/c1-3-5-7-9-11-13-15-17-19-21-23-24-25-26-27-30-33-37-41-45-49-53-57-61-65-71(76)70(69-75)74-72(77)66-62-58-54-50-46-42-38-34-31-28-32-36-40-44-48-52-56-60-64-68-79-73(78)67-63-59-55-51-47-43-39-35-29-22-20-18-16-14-12-10-8-6-4-2/h28,31,70-71,75-76H,3-27,29-30,32-69H2,1-2H3,(H,74,77)/b31-28-. The normalized spacial score (nSPS) is 12.5. The van der Waals surface area contributed by atoms with Gasteiger partial charge in [0.1, 0.15) is 0 Å². The summed E-state index contributed by atoms with van der Waals surface area (Å²) < 4.78 is 5.51. The van der Waals surface area contributed by atoms with Gasteiger partial charge in [0, 0.05) is 12.8 Å². The number of ether oxygens (including phenoxy) is 1. The van der Waals surface area contributed by atoms with E-state index in [4.69, 9.17) is 4.74 Å². The number of allylic oxidation sites excluding steroid dienone is 2. The van der Waals surface area contributed by atoms with Crippen molar-refractivity contribution in [1.82, 2.24) is 5.32 Å². The van der Waals surface area contributed by atoms with Gasteiger partial charge < -0.3 is 20.3 Å². The fourth-order valence-corrected chi connectivity index (χ4v) is 11.8. The van der Waals surface area contributed by atoms with Crippen LogP contribution in [0.25, 0.3) is 0 Å². The molecule has 1 amide bonds. The molecule has 0 heterocycles. The van der Waals surface area contributed by atoms with Gasteiger partial charge in [0.15, 0.2) is 0 Å². The van der Waals surface area contributed by atoms with Crippen LogP contribution in [-0.4, -0.2) is 47.4 Å². The number of carbonyl (C=O) groups is 2. The van der Waals surface area contributed by atoms with Crippen LogP contribution in [-0.2, 0) is 14.3 Å². The van der Waals surface area contributed by atoms with Crippen LogP contribution in [0, 0.1) is 0 Å². The topological polar surface area (TPSA) is 95.9 Å². The molecule has 3 N–H and O–H groups in total. The number of amides is 1. The van der Waals surface area contributed by atoms with E-state index < -0.39 is 12.1 Å². The van der Waals surface area contributed by atoms with E-state index in [1.165, 1.54) is 347 Å². The number of nitrogens with one attached hydrogen (secondary N) is 1. The van der Waals surface area contributed by atoms with E-state index in [0.717, 1.165) is 38.5 Å². The summed E-state index contributed by atoms with van der Waals surface area (Å²) in [5.41, 5.74) is 0. The van der Waals surface area contributed by atoms with Crippen molar-refractivity contribution < 1.29 is 24.5 Å². The summed E-state index contributed by atoms with van der Waals surface area (Å²) in [5.74, 6) is -0.0288. The number of hydrogen-bond donors (Lipinski definition) is 3. The Morgan fingerprint density at radius 3 is 0.899 bits per heavy atom. The second kappa shape index (κ2) is 69.1.